The van der Waals surface area contributed by atoms with Gasteiger partial charge < -0.3 is 20.3 Å². The number of aliphatic imine (C=N–C) groups is 1. The Morgan fingerprint density at radius 3 is 2.81 bits per heavy atom. The molecule has 2 rings (SSSR count). The minimum atomic E-state index is 0. The van der Waals surface area contributed by atoms with Gasteiger partial charge in [-0.2, -0.15) is 0 Å². The summed E-state index contributed by atoms with van der Waals surface area (Å²) in [4.78, 5) is 7.35. The molecule has 0 aromatic heterocycles. The average molecular weight is 488 g/mol. The molecule has 2 N–H and O–H groups in total. The molecule has 1 aromatic carbocycles. The monoisotopic (exact) mass is 488 g/mol. The molecule has 0 saturated carbocycles. The maximum absolute atomic E-state index is 5.21. The quantitative estimate of drug-likeness (QED) is 0.241. The van der Waals surface area contributed by atoms with E-state index in [1.165, 1.54) is 43.5 Å². The molecule has 0 radical (unpaired) electrons. The lowest BCUT2D eigenvalue weighted by molar-refractivity contribution is 0.159. The normalized spacial score (nSPS) is 18.0. The summed E-state index contributed by atoms with van der Waals surface area (Å²) in [6.07, 6.45) is 5.24. The number of benzene rings is 1. The zero-order chi connectivity index (χ0) is 18.6. The third-order valence-corrected chi connectivity index (χ3v) is 4.92. The molecule has 1 saturated heterocycles. The lowest BCUT2D eigenvalue weighted by Crippen LogP contribution is -2.41. The van der Waals surface area contributed by atoms with Gasteiger partial charge in [0.2, 0.25) is 0 Å². The van der Waals surface area contributed by atoms with Gasteiger partial charge in [-0.3, -0.25) is 0 Å². The number of nitrogens with zero attached hydrogens (tertiary/aromatic N) is 2. The summed E-state index contributed by atoms with van der Waals surface area (Å²) in [6.45, 7) is 10.0. The zero-order valence-electron chi connectivity index (χ0n) is 17.2. The van der Waals surface area contributed by atoms with E-state index in [4.69, 9.17) is 9.73 Å². The first kappa shape index (κ1) is 24.2. The largest absolute Gasteiger partial charge is 0.380 e. The second-order valence-corrected chi connectivity index (χ2v) is 7.11. The first-order valence-electron chi connectivity index (χ1n) is 10.1. The first-order chi connectivity index (χ1) is 12.7. The van der Waals surface area contributed by atoms with Gasteiger partial charge in [-0.1, -0.05) is 30.7 Å². The smallest absolute Gasteiger partial charge is 0.191 e. The van der Waals surface area contributed by atoms with Crippen molar-refractivity contribution in [3.05, 3.63) is 35.4 Å². The Hall–Kier alpha value is -0.860. The van der Waals surface area contributed by atoms with Gasteiger partial charge in [-0.05, 0) is 50.8 Å². The van der Waals surface area contributed by atoms with E-state index in [0.717, 1.165) is 31.5 Å². The van der Waals surface area contributed by atoms with Crippen molar-refractivity contribution in [2.45, 2.75) is 58.7 Å². The number of hydrogen-bond donors (Lipinski definition) is 2. The standard InChI is InChI=1S/C21H36N4O.HI/c1-4-22-21(23-12-8-14-25-13-6-5-9-18(25)2)24-16-19-10-7-11-20(15-19)17-26-3;/h7,10-11,15,18H,4-6,8-9,12-14,16-17H2,1-3H3,(H2,22,23,24);1H. The number of guanidine groups is 1. The molecule has 1 aliphatic rings. The van der Waals surface area contributed by atoms with Gasteiger partial charge in [0, 0.05) is 32.8 Å². The van der Waals surface area contributed by atoms with Crippen LogP contribution in [0, 0.1) is 0 Å². The molecule has 0 amide bonds. The summed E-state index contributed by atoms with van der Waals surface area (Å²) < 4.78 is 5.21. The van der Waals surface area contributed by atoms with Crippen molar-refractivity contribution in [3.63, 3.8) is 0 Å². The molecule has 1 unspecified atom stereocenters. The molecule has 1 atom stereocenters. The van der Waals surface area contributed by atoms with E-state index in [9.17, 15) is 0 Å². The Morgan fingerprint density at radius 1 is 1.26 bits per heavy atom. The molecule has 0 aliphatic carbocycles. The van der Waals surface area contributed by atoms with Crippen molar-refractivity contribution in [2.75, 3.05) is 33.3 Å². The number of nitrogens with one attached hydrogen (secondary N) is 2. The summed E-state index contributed by atoms with van der Waals surface area (Å²) in [7, 11) is 1.72. The van der Waals surface area contributed by atoms with E-state index in [2.05, 4.69) is 53.6 Å². The summed E-state index contributed by atoms with van der Waals surface area (Å²) >= 11 is 0. The van der Waals surface area contributed by atoms with Crippen LogP contribution >= 0.6 is 24.0 Å². The molecule has 1 fully saturated rings. The van der Waals surface area contributed by atoms with Gasteiger partial charge in [0.05, 0.1) is 13.2 Å². The Kier molecular flexibility index (Phi) is 12.7. The van der Waals surface area contributed by atoms with Gasteiger partial charge in [-0.25, -0.2) is 4.99 Å². The van der Waals surface area contributed by atoms with Crippen LogP contribution in [-0.4, -0.2) is 50.2 Å². The molecular weight excluding hydrogens is 451 g/mol. The third-order valence-electron chi connectivity index (χ3n) is 4.92. The number of piperidine rings is 1. The molecule has 1 aliphatic heterocycles. The first-order valence-corrected chi connectivity index (χ1v) is 10.1. The van der Waals surface area contributed by atoms with Gasteiger partial charge in [-0.15, -0.1) is 24.0 Å². The van der Waals surface area contributed by atoms with Crippen molar-refractivity contribution in [3.8, 4) is 0 Å². The Morgan fingerprint density at radius 2 is 2.07 bits per heavy atom. The number of ether oxygens (including phenoxy) is 1. The van der Waals surface area contributed by atoms with Gasteiger partial charge >= 0.3 is 0 Å². The van der Waals surface area contributed by atoms with Gasteiger partial charge in [0.1, 0.15) is 0 Å². The molecule has 154 valence electrons. The maximum Gasteiger partial charge on any atom is 0.191 e. The summed E-state index contributed by atoms with van der Waals surface area (Å²) in [5, 5.41) is 6.81. The fraction of sp³-hybridized carbons (Fsp3) is 0.667. The van der Waals surface area contributed by atoms with Crippen molar-refractivity contribution in [2.24, 2.45) is 4.99 Å². The van der Waals surface area contributed by atoms with Crippen molar-refractivity contribution in [1.29, 1.82) is 0 Å². The van der Waals surface area contributed by atoms with Crippen LogP contribution in [0.4, 0.5) is 0 Å². The molecule has 0 bridgehead atoms. The van der Waals surface area contributed by atoms with E-state index in [-0.39, 0.29) is 24.0 Å². The number of likely N-dealkylation sites (tertiary alicyclic amines) is 1. The number of halogens is 1. The van der Waals surface area contributed by atoms with Crippen LogP contribution < -0.4 is 10.6 Å². The third kappa shape index (κ3) is 9.25. The number of rotatable bonds is 9. The molecule has 27 heavy (non-hydrogen) atoms. The van der Waals surface area contributed by atoms with E-state index < -0.39 is 0 Å². The fourth-order valence-corrected chi connectivity index (χ4v) is 3.48. The number of methoxy groups -OCH3 is 1. The minimum Gasteiger partial charge on any atom is -0.380 e. The predicted molar refractivity (Wildman–Crippen MR) is 125 cm³/mol. The van der Waals surface area contributed by atoms with Crippen LogP contribution in [-0.2, 0) is 17.9 Å². The number of hydrogen-bond acceptors (Lipinski definition) is 3. The van der Waals surface area contributed by atoms with Crippen LogP contribution in [0.3, 0.4) is 0 Å². The highest BCUT2D eigenvalue weighted by Gasteiger charge is 2.17. The topological polar surface area (TPSA) is 48.9 Å². The molecule has 5 nitrogen and oxygen atoms in total. The SMILES string of the molecule is CCNC(=NCc1cccc(COC)c1)NCCCN1CCCCC1C.I. The maximum atomic E-state index is 5.21. The minimum absolute atomic E-state index is 0. The second-order valence-electron chi connectivity index (χ2n) is 7.11. The Labute approximate surface area is 182 Å². The van der Waals surface area contributed by atoms with Crippen molar-refractivity contribution >= 4 is 29.9 Å². The lowest BCUT2D eigenvalue weighted by Gasteiger charge is -2.33. The molecule has 0 spiro atoms. The van der Waals surface area contributed by atoms with E-state index in [1.807, 2.05) is 0 Å². The van der Waals surface area contributed by atoms with Crippen LogP contribution in [0.25, 0.3) is 0 Å². The second kappa shape index (κ2) is 14.2. The summed E-state index contributed by atoms with van der Waals surface area (Å²) in [5.74, 6) is 0.899. The highest BCUT2D eigenvalue weighted by Crippen LogP contribution is 2.16. The zero-order valence-corrected chi connectivity index (χ0v) is 19.5. The highest BCUT2D eigenvalue weighted by molar-refractivity contribution is 14.0. The van der Waals surface area contributed by atoms with Crippen LogP contribution in [0.1, 0.15) is 50.7 Å². The van der Waals surface area contributed by atoms with E-state index in [0.29, 0.717) is 13.2 Å². The van der Waals surface area contributed by atoms with Gasteiger partial charge in [0.25, 0.3) is 0 Å². The molecule has 1 heterocycles. The van der Waals surface area contributed by atoms with Crippen molar-refractivity contribution < 1.29 is 4.74 Å². The van der Waals surface area contributed by atoms with E-state index in [1.54, 1.807) is 7.11 Å². The Bertz CT molecular complexity index is 553. The molecule has 1 aromatic rings. The molecular formula is C21H37IN4O. The fourth-order valence-electron chi connectivity index (χ4n) is 3.48. The summed E-state index contributed by atoms with van der Waals surface area (Å²) in [6, 6.07) is 9.17. The lowest BCUT2D eigenvalue weighted by atomic mass is 10.0. The predicted octanol–water partition coefficient (Wildman–Crippen LogP) is 3.77. The van der Waals surface area contributed by atoms with Crippen LogP contribution in [0.15, 0.2) is 29.3 Å². The van der Waals surface area contributed by atoms with Gasteiger partial charge in [0.15, 0.2) is 5.96 Å². The molecule has 6 heteroatoms. The average Bonchev–Trinajstić information content (AvgIpc) is 2.65. The van der Waals surface area contributed by atoms with Crippen LogP contribution in [0.2, 0.25) is 0 Å². The van der Waals surface area contributed by atoms with Crippen molar-refractivity contribution in [1.82, 2.24) is 15.5 Å². The van der Waals surface area contributed by atoms with Crippen LogP contribution in [0.5, 0.6) is 0 Å². The van der Waals surface area contributed by atoms with E-state index >= 15 is 0 Å². The highest BCUT2D eigenvalue weighted by atomic mass is 127. The summed E-state index contributed by atoms with van der Waals surface area (Å²) in [5.41, 5.74) is 2.40. The Balaban J connectivity index is 0.00000364.